The average molecular weight is 272 g/mol. The minimum Gasteiger partial charge on any atom is -0.475 e. The molecule has 0 radical (unpaired) electrons. The van der Waals surface area contributed by atoms with Crippen molar-refractivity contribution in [1.29, 1.82) is 0 Å². The summed E-state index contributed by atoms with van der Waals surface area (Å²) >= 11 is 0. The van der Waals surface area contributed by atoms with Crippen LogP contribution in [0.4, 0.5) is 5.82 Å². The van der Waals surface area contributed by atoms with E-state index in [0.29, 0.717) is 17.9 Å². The van der Waals surface area contributed by atoms with Crippen molar-refractivity contribution in [2.75, 3.05) is 18.0 Å². The molecule has 6 heteroatoms. The number of nitrogens with zero attached hydrogens (tertiary/aromatic N) is 3. The molecule has 1 aromatic carbocycles. The number of carbonyl (C=O) groups is 1. The Bertz CT molecular complexity index is 686. The second-order valence-corrected chi connectivity index (χ2v) is 5.19. The molecule has 0 aliphatic carbocycles. The summed E-state index contributed by atoms with van der Waals surface area (Å²) in [5, 5.41) is 10.0. The third-order valence-electron chi connectivity index (χ3n) is 3.55. The SMILES string of the molecule is Cc1ccc2c(N3CC[C@@H](N)C3)nc(C(=O)O)nc2c1. The van der Waals surface area contributed by atoms with Crippen molar-refractivity contribution < 1.29 is 9.90 Å². The molecule has 0 amide bonds. The number of aryl methyl sites for hydroxylation is 1. The van der Waals surface area contributed by atoms with Crippen LogP contribution in [0.5, 0.6) is 0 Å². The predicted octanol–water partition coefficient (Wildman–Crippen LogP) is 1.17. The molecule has 3 rings (SSSR count). The van der Waals surface area contributed by atoms with Crippen molar-refractivity contribution in [3.63, 3.8) is 0 Å². The van der Waals surface area contributed by atoms with Gasteiger partial charge in [0.25, 0.3) is 0 Å². The van der Waals surface area contributed by atoms with Crippen LogP contribution in [0.15, 0.2) is 18.2 Å². The van der Waals surface area contributed by atoms with Crippen LogP contribution >= 0.6 is 0 Å². The molecule has 1 saturated heterocycles. The first-order valence-electron chi connectivity index (χ1n) is 6.57. The molecule has 1 aliphatic rings. The molecule has 104 valence electrons. The number of hydrogen-bond acceptors (Lipinski definition) is 5. The van der Waals surface area contributed by atoms with Gasteiger partial charge in [0.2, 0.25) is 5.82 Å². The largest absolute Gasteiger partial charge is 0.475 e. The van der Waals surface area contributed by atoms with Crippen LogP contribution in [0, 0.1) is 6.92 Å². The fourth-order valence-electron chi connectivity index (χ4n) is 2.54. The van der Waals surface area contributed by atoms with Gasteiger partial charge in [-0.1, -0.05) is 6.07 Å². The van der Waals surface area contributed by atoms with E-state index in [1.165, 1.54) is 0 Å². The Labute approximate surface area is 116 Å². The van der Waals surface area contributed by atoms with Crippen LogP contribution in [0.1, 0.15) is 22.6 Å². The quantitative estimate of drug-likeness (QED) is 0.852. The molecule has 3 N–H and O–H groups in total. The normalized spacial score (nSPS) is 18.7. The molecule has 0 bridgehead atoms. The van der Waals surface area contributed by atoms with E-state index in [4.69, 9.17) is 10.8 Å². The Morgan fingerprint density at radius 3 is 2.90 bits per heavy atom. The van der Waals surface area contributed by atoms with Gasteiger partial charge < -0.3 is 15.7 Å². The monoisotopic (exact) mass is 272 g/mol. The van der Waals surface area contributed by atoms with Gasteiger partial charge in [-0.25, -0.2) is 14.8 Å². The lowest BCUT2D eigenvalue weighted by Gasteiger charge is -2.19. The molecule has 1 atom stereocenters. The summed E-state index contributed by atoms with van der Waals surface area (Å²) in [6.07, 6.45) is 0.889. The van der Waals surface area contributed by atoms with Crippen molar-refractivity contribution in [2.24, 2.45) is 5.73 Å². The average Bonchev–Trinajstić information content (AvgIpc) is 2.83. The topological polar surface area (TPSA) is 92.3 Å². The highest BCUT2D eigenvalue weighted by molar-refractivity contribution is 5.94. The molecule has 0 unspecified atom stereocenters. The third-order valence-corrected chi connectivity index (χ3v) is 3.55. The van der Waals surface area contributed by atoms with Gasteiger partial charge in [0.05, 0.1) is 5.52 Å². The first-order valence-corrected chi connectivity index (χ1v) is 6.57. The number of aromatic nitrogens is 2. The second kappa shape index (κ2) is 4.72. The number of anilines is 1. The van der Waals surface area contributed by atoms with Crippen LogP contribution in [-0.4, -0.2) is 40.2 Å². The predicted molar refractivity (Wildman–Crippen MR) is 76.0 cm³/mol. The molecule has 1 aromatic heterocycles. The van der Waals surface area contributed by atoms with Crippen LogP contribution in [0.3, 0.4) is 0 Å². The van der Waals surface area contributed by atoms with E-state index in [2.05, 4.69) is 9.97 Å². The Hall–Kier alpha value is -2.21. The molecule has 1 aliphatic heterocycles. The maximum Gasteiger partial charge on any atom is 0.374 e. The number of carboxylic acid groups (broad SMARTS) is 1. The summed E-state index contributed by atoms with van der Waals surface area (Å²) < 4.78 is 0. The second-order valence-electron chi connectivity index (χ2n) is 5.19. The summed E-state index contributed by atoms with van der Waals surface area (Å²) in [5.41, 5.74) is 7.63. The Morgan fingerprint density at radius 1 is 1.45 bits per heavy atom. The van der Waals surface area contributed by atoms with Gasteiger partial charge in [-0.05, 0) is 31.0 Å². The number of nitrogens with two attached hydrogens (primary N) is 1. The first-order chi connectivity index (χ1) is 9.54. The molecule has 0 spiro atoms. The highest BCUT2D eigenvalue weighted by Crippen LogP contribution is 2.27. The Balaban J connectivity index is 2.20. The van der Waals surface area contributed by atoms with Crippen LogP contribution < -0.4 is 10.6 Å². The fourth-order valence-corrected chi connectivity index (χ4v) is 2.54. The molecular formula is C14H16N4O2. The molecule has 20 heavy (non-hydrogen) atoms. The minimum atomic E-state index is -1.11. The zero-order chi connectivity index (χ0) is 14.3. The van der Waals surface area contributed by atoms with Crippen molar-refractivity contribution in [2.45, 2.75) is 19.4 Å². The van der Waals surface area contributed by atoms with E-state index < -0.39 is 5.97 Å². The fraction of sp³-hybridized carbons (Fsp3) is 0.357. The number of hydrogen-bond donors (Lipinski definition) is 2. The van der Waals surface area contributed by atoms with Gasteiger partial charge in [-0.3, -0.25) is 0 Å². The number of aromatic carboxylic acids is 1. The maximum absolute atomic E-state index is 11.2. The smallest absolute Gasteiger partial charge is 0.374 e. The van der Waals surface area contributed by atoms with Gasteiger partial charge in [0, 0.05) is 24.5 Å². The lowest BCUT2D eigenvalue weighted by atomic mass is 10.1. The van der Waals surface area contributed by atoms with Crippen molar-refractivity contribution in [3.05, 3.63) is 29.6 Å². The number of benzene rings is 1. The summed E-state index contributed by atoms with van der Waals surface area (Å²) in [5.74, 6) is -0.614. The number of carboxylic acids is 1. The Morgan fingerprint density at radius 2 is 2.25 bits per heavy atom. The van der Waals surface area contributed by atoms with Gasteiger partial charge in [0.1, 0.15) is 5.82 Å². The lowest BCUT2D eigenvalue weighted by molar-refractivity contribution is 0.0684. The minimum absolute atomic E-state index is 0.110. The molecular weight excluding hydrogens is 256 g/mol. The maximum atomic E-state index is 11.2. The number of fused-ring (bicyclic) bond motifs is 1. The van der Waals surface area contributed by atoms with Gasteiger partial charge in [-0.2, -0.15) is 0 Å². The highest BCUT2D eigenvalue weighted by Gasteiger charge is 2.24. The van der Waals surface area contributed by atoms with E-state index in [1.54, 1.807) is 0 Å². The highest BCUT2D eigenvalue weighted by atomic mass is 16.4. The molecule has 2 heterocycles. The molecule has 2 aromatic rings. The molecule has 1 fully saturated rings. The van der Waals surface area contributed by atoms with Gasteiger partial charge >= 0.3 is 5.97 Å². The lowest BCUT2D eigenvalue weighted by Crippen LogP contribution is -2.27. The Kier molecular flexibility index (Phi) is 3.02. The van der Waals surface area contributed by atoms with Crippen LogP contribution in [0.25, 0.3) is 10.9 Å². The van der Waals surface area contributed by atoms with Gasteiger partial charge in [0.15, 0.2) is 0 Å². The first kappa shape index (κ1) is 12.8. The number of rotatable bonds is 2. The van der Waals surface area contributed by atoms with E-state index in [1.807, 2.05) is 30.0 Å². The van der Waals surface area contributed by atoms with E-state index in [-0.39, 0.29) is 11.9 Å². The van der Waals surface area contributed by atoms with Crippen molar-refractivity contribution >= 4 is 22.7 Å². The van der Waals surface area contributed by atoms with Crippen LogP contribution in [0.2, 0.25) is 0 Å². The summed E-state index contributed by atoms with van der Waals surface area (Å²) in [4.78, 5) is 21.6. The third kappa shape index (κ3) is 2.18. The van der Waals surface area contributed by atoms with E-state index in [0.717, 1.165) is 23.9 Å². The standard InChI is InChI=1S/C14H16N4O2/c1-8-2-3-10-11(6-8)16-12(14(19)20)17-13(10)18-5-4-9(15)7-18/h2-3,6,9H,4-5,7,15H2,1H3,(H,19,20)/t9-/m1/s1. The van der Waals surface area contributed by atoms with Gasteiger partial charge in [-0.15, -0.1) is 0 Å². The molecule has 0 saturated carbocycles. The van der Waals surface area contributed by atoms with Crippen LogP contribution in [-0.2, 0) is 0 Å². The van der Waals surface area contributed by atoms with Crippen molar-refractivity contribution in [3.8, 4) is 0 Å². The summed E-state index contributed by atoms with van der Waals surface area (Å²) in [6.45, 7) is 3.44. The zero-order valence-electron chi connectivity index (χ0n) is 11.2. The van der Waals surface area contributed by atoms with Crippen molar-refractivity contribution in [1.82, 2.24) is 9.97 Å². The van der Waals surface area contributed by atoms with E-state index >= 15 is 0 Å². The summed E-state index contributed by atoms with van der Waals surface area (Å²) in [6, 6.07) is 5.91. The zero-order valence-corrected chi connectivity index (χ0v) is 11.2. The summed E-state index contributed by atoms with van der Waals surface area (Å²) in [7, 11) is 0. The van der Waals surface area contributed by atoms with E-state index in [9.17, 15) is 4.79 Å². The molecule has 6 nitrogen and oxygen atoms in total.